The molecule has 3 nitrogen and oxygen atoms in total. The quantitative estimate of drug-likeness (QED) is 0.467. The van der Waals surface area contributed by atoms with Gasteiger partial charge in [0.15, 0.2) is 0 Å². The molecule has 1 aliphatic heterocycles. The van der Waals surface area contributed by atoms with Gasteiger partial charge in [0.2, 0.25) is 0 Å². The molecule has 0 radical (unpaired) electrons. The van der Waals surface area contributed by atoms with Gasteiger partial charge in [-0.2, -0.15) is 4.42 Å². The molecule has 1 aliphatic rings. The van der Waals surface area contributed by atoms with Crippen molar-refractivity contribution >= 4 is 11.8 Å². The highest BCUT2D eigenvalue weighted by atomic mass is 35.5. The Labute approximate surface area is 78.3 Å². The molecule has 1 rings (SSSR count). The van der Waals surface area contributed by atoms with E-state index in [2.05, 4.69) is 6.58 Å². The van der Waals surface area contributed by atoms with Crippen LogP contribution >= 0.6 is 11.8 Å². The number of halogens is 1. The molecule has 1 fully saturated rings. The molecule has 0 aliphatic carbocycles. The molecule has 0 N–H and O–H groups in total. The van der Waals surface area contributed by atoms with E-state index in [4.69, 9.17) is 11.8 Å². The number of rotatable bonds is 1. The maximum Gasteiger partial charge on any atom is 0.0929 e. The van der Waals surface area contributed by atoms with Crippen LogP contribution < -0.4 is 0 Å². The van der Waals surface area contributed by atoms with Crippen LogP contribution in [0.15, 0.2) is 12.7 Å². The van der Waals surface area contributed by atoms with Crippen LogP contribution in [0.3, 0.4) is 0 Å². The maximum atomic E-state index is 11.7. The van der Waals surface area contributed by atoms with Gasteiger partial charge in [-0.3, -0.25) is 0 Å². The minimum absolute atomic E-state index is 0.440. The molecule has 0 aromatic heterocycles. The van der Waals surface area contributed by atoms with Crippen LogP contribution in [0.2, 0.25) is 0 Å². The molecule has 12 heavy (non-hydrogen) atoms. The summed E-state index contributed by atoms with van der Waals surface area (Å²) in [5.74, 6) is 0. The zero-order chi connectivity index (χ0) is 9.57. The lowest BCUT2D eigenvalue weighted by atomic mass is 10.1. The second-order valence-corrected chi connectivity index (χ2v) is 4.33. The van der Waals surface area contributed by atoms with E-state index < -0.39 is 11.2 Å². The van der Waals surface area contributed by atoms with E-state index in [1.165, 1.54) is 4.42 Å². The lowest BCUT2D eigenvalue weighted by Gasteiger charge is -2.46. The van der Waals surface area contributed by atoms with E-state index in [9.17, 15) is 5.21 Å². The van der Waals surface area contributed by atoms with E-state index >= 15 is 0 Å². The fraction of sp³-hybridized carbons (Fsp3) is 0.750. The average Bonchev–Trinajstić information content (AvgIpc) is 2.13. The highest BCUT2D eigenvalue weighted by Crippen LogP contribution is 2.38. The van der Waals surface area contributed by atoms with Crippen molar-refractivity contribution in [1.82, 2.24) is 9.48 Å². The van der Waals surface area contributed by atoms with Gasteiger partial charge in [-0.25, -0.2) is 0 Å². The van der Waals surface area contributed by atoms with Crippen molar-refractivity contribution in [1.29, 1.82) is 0 Å². The second kappa shape index (κ2) is 2.70. The minimum Gasteiger partial charge on any atom is -0.783 e. The summed E-state index contributed by atoms with van der Waals surface area (Å²) in [6.45, 7) is 9.64. The Balaban J connectivity index is 2.99. The Hall–Kier alpha value is -0.0900. The van der Waals surface area contributed by atoms with Gasteiger partial charge in [-0.1, -0.05) is 12.7 Å². The smallest absolute Gasteiger partial charge is 0.0929 e. The monoisotopic (exact) mass is 189 g/mol. The first-order valence-electron chi connectivity index (χ1n) is 3.89. The predicted molar refractivity (Wildman–Crippen MR) is 50.4 cm³/mol. The number of hydrogen-bond donors (Lipinski definition) is 0. The van der Waals surface area contributed by atoms with Crippen LogP contribution in [0.4, 0.5) is 0 Å². The van der Waals surface area contributed by atoms with Crippen molar-refractivity contribution in [2.24, 2.45) is 0 Å². The van der Waals surface area contributed by atoms with Crippen LogP contribution in [0.5, 0.6) is 0 Å². The lowest BCUT2D eigenvalue weighted by molar-refractivity contribution is 0.135. The molecule has 1 saturated heterocycles. The average molecular weight is 190 g/mol. The third kappa shape index (κ3) is 1.17. The van der Waals surface area contributed by atoms with Gasteiger partial charge >= 0.3 is 0 Å². The van der Waals surface area contributed by atoms with Crippen LogP contribution in [-0.2, 0) is 0 Å². The topological polar surface area (TPSA) is 29.5 Å². The SMILES string of the molecule is C=CC1(C)N(Cl)CC(C)(C)N1[O-]. The summed E-state index contributed by atoms with van der Waals surface area (Å²) in [7, 11) is 0. The molecule has 4 heteroatoms. The molecule has 1 heterocycles. The number of hydrogen-bond acceptors (Lipinski definition) is 3. The molecule has 70 valence electrons. The molecule has 0 aromatic carbocycles. The van der Waals surface area contributed by atoms with Gasteiger partial charge in [0.1, 0.15) is 0 Å². The van der Waals surface area contributed by atoms with Crippen LogP contribution in [0.25, 0.3) is 0 Å². The molecule has 0 amide bonds. The normalized spacial score (nSPS) is 37.1. The highest BCUT2D eigenvalue weighted by Gasteiger charge is 2.45. The Morgan fingerprint density at radius 2 is 2.00 bits per heavy atom. The van der Waals surface area contributed by atoms with Crippen LogP contribution in [0.1, 0.15) is 20.8 Å². The van der Waals surface area contributed by atoms with Crippen molar-refractivity contribution in [3.8, 4) is 0 Å². The number of hydroxylamine groups is 2. The first kappa shape index (κ1) is 9.99. The molecule has 0 bridgehead atoms. The van der Waals surface area contributed by atoms with E-state index in [-0.39, 0.29) is 0 Å². The van der Waals surface area contributed by atoms with Gasteiger partial charge in [-0.05, 0) is 32.5 Å². The molecule has 1 atom stereocenters. The predicted octanol–water partition coefficient (Wildman–Crippen LogP) is 1.94. The van der Waals surface area contributed by atoms with Gasteiger partial charge in [0, 0.05) is 12.1 Å². The highest BCUT2D eigenvalue weighted by molar-refractivity contribution is 6.14. The van der Waals surface area contributed by atoms with E-state index in [0.717, 1.165) is 5.06 Å². The first-order valence-corrected chi connectivity index (χ1v) is 4.23. The first-order chi connectivity index (χ1) is 5.34. The summed E-state index contributed by atoms with van der Waals surface area (Å²) in [6, 6.07) is 0. The van der Waals surface area contributed by atoms with Crippen LogP contribution in [-0.4, -0.2) is 27.2 Å². The van der Waals surface area contributed by atoms with Gasteiger partial charge in [0.05, 0.1) is 5.66 Å². The molecular formula is C8H14ClN2O-. The van der Waals surface area contributed by atoms with E-state index in [1.807, 2.05) is 13.8 Å². The van der Waals surface area contributed by atoms with Crippen molar-refractivity contribution in [3.05, 3.63) is 17.9 Å². The fourth-order valence-electron chi connectivity index (χ4n) is 1.46. The zero-order valence-corrected chi connectivity index (χ0v) is 8.43. The molecule has 0 aromatic rings. The summed E-state index contributed by atoms with van der Waals surface area (Å²) < 4.78 is 1.49. The van der Waals surface area contributed by atoms with E-state index in [0.29, 0.717) is 6.54 Å². The van der Waals surface area contributed by atoms with Crippen molar-refractivity contribution in [2.75, 3.05) is 6.54 Å². The Morgan fingerprint density at radius 3 is 2.17 bits per heavy atom. The van der Waals surface area contributed by atoms with Crippen LogP contribution in [0, 0.1) is 5.21 Å². The Morgan fingerprint density at radius 1 is 1.50 bits per heavy atom. The third-order valence-electron chi connectivity index (χ3n) is 2.36. The molecule has 0 spiro atoms. The largest absolute Gasteiger partial charge is 0.783 e. The lowest BCUT2D eigenvalue weighted by Crippen LogP contribution is -2.47. The summed E-state index contributed by atoms with van der Waals surface area (Å²) in [6.07, 6.45) is 1.57. The fourth-order valence-corrected chi connectivity index (χ4v) is 1.89. The maximum absolute atomic E-state index is 11.7. The second-order valence-electron chi connectivity index (χ2n) is 3.93. The van der Waals surface area contributed by atoms with Gasteiger partial charge < -0.3 is 10.3 Å². The van der Waals surface area contributed by atoms with Gasteiger partial charge in [0.25, 0.3) is 0 Å². The van der Waals surface area contributed by atoms with Crippen molar-refractivity contribution in [2.45, 2.75) is 32.0 Å². The summed E-state index contributed by atoms with van der Waals surface area (Å²) >= 11 is 5.92. The number of nitrogens with zero attached hydrogens (tertiary/aromatic N) is 2. The van der Waals surface area contributed by atoms with Crippen molar-refractivity contribution in [3.63, 3.8) is 0 Å². The minimum atomic E-state index is -0.773. The summed E-state index contributed by atoms with van der Waals surface area (Å²) in [4.78, 5) is 0. The summed E-state index contributed by atoms with van der Waals surface area (Å²) in [5.41, 5.74) is -1.21. The van der Waals surface area contributed by atoms with Crippen molar-refractivity contribution < 1.29 is 0 Å². The van der Waals surface area contributed by atoms with E-state index in [1.54, 1.807) is 13.0 Å². The third-order valence-corrected chi connectivity index (χ3v) is 2.83. The molecule has 0 saturated carbocycles. The summed E-state index contributed by atoms with van der Waals surface area (Å²) in [5, 5.41) is 12.7. The molecule has 1 unspecified atom stereocenters. The Kier molecular flexibility index (Phi) is 2.25. The Bertz CT molecular complexity index is 207. The molecular weight excluding hydrogens is 176 g/mol. The standard InChI is InChI=1S/C8H14ClN2O/c1-5-8(4)10(9)6-7(2,3)11(8)12/h5H,1,6H2,2-4H3/q-1. The van der Waals surface area contributed by atoms with Gasteiger partial charge in [-0.15, -0.1) is 0 Å². The zero-order valence-electron chi connectivity index (χ0n) is 7.67.